The minimum Gasteiger partial charge on any atom is -0.381 e. The zero-order chi connectivity index (χ0) is 11.4. The number of hydrogen-bond donors (Lipinski definition) is 1. The van der Waals surface area contributed by atoms with Gasteiger partial charge in [-0.05, 0) is 24.5 Å². The summed E-state index contributed by atoms with van der Waals surface area (Å²) < 4.78 is 18.4. The van der Waals surface area contributed by atoms with Crippen LogP contribution in [-0.4, -0.2) is 19.1 Å². The number of rotatable bonds is 3. The Morgan fingerprint density at radius 1 is 1.50 bits per heavy atom. The first-order chi connectivity index (χ1) is 7.75. The van der Waals surface area contributed by atoms with Crippen LogP contribution in [0.15, 0.2) is 24.3 Å². The Bertz CT molecular complexity index is 375. The highest BCUT2D eigenvalue weighted by Gasteiger charge is 2.19. The highest BCUT2D eigenvalue weighted by molar-refractivity contribution is 5.90. The zero-order valence-electron chi connectivity index (χ0n) is 8.91. The van der Waals surface area contributed by atoms with Crippen LogP contribution < -0.4 is 5.32 Å². The van der Waals surface area contributed by atoms with Crippen molar-refractivity contribution >= 4 is 11.6 Å². The van der Waals surface area contributed by atoms with E-state index in [0.29, 0.717) is 13.0 Å². The molecule has 1 aliphatic heterocycles. The van der Waals surface area contributed by atoms with Crippen LogP contribution in [0.5, 0.6) is 0 Å². The fourth-order valence-corrected chi connectivity index (χ4v) is 1.77. The van der Waals surface area contributed by atoms with Gasteiger partial charge in [-0.1, -0.05) is 12.1 Å². The van der Waals surface area contributed by atoms with E-state index in [2.05, 4.69) is 5.32 Å². The van der Waals surface area contributed by atoms with Gasteiger partial charge >= 0.3 is 0 Å². The lowest BCUT2D eigenvalue weighted by atomic mass is 10.0. The van der Waals surface area contributed by atoms with Gasteiger partial charge in [-0.15, -0.1) is 0 Å². The SMILES string of the molecule is O=C(C[C@H]1CCOC1)Nc1ccccc1F. The molecule has 0 radical (unpaired) electrons. The molecule has 1 aromatic rings. The third kappa shape index (κ3) is 2.79. The van der Waals surface area contributed by atoms with Crippen molar-refractivity contribution in [2.75, 3.05) is 18.5 Å². The average Bonchev–Trinajstić information content (AvgIpc) is 2.74. The number of anilines is 1. The molecule has 1 atom stereocenters. The summed E-state index contributed by atoms with van der Waals surface area (Å²) in [5, 5.41) is 2.57. The first-order valence-corrected chi connectivity index (χ1v) is 5.38. The first kappa shape index (κ1) is 11.1. The van der Waals surface area contributed by atoms with Gasteiger partial charge in [0.1, 0.15) is 5.82 Å². The summed E-state index contributed by atoms with van der Waals surface area (Å²) in [7, 11) is 0. The largest absolute Gasteiger partial charge is 0.381 e. The number of amides is 1. The molecule has 3 nitrogen and oxygen atoms in total. The van der Waals surface area contributed by atoms with Crippen molar-refractivity contribution in [1.29, 1.82) is 0 Å². The smallest absolute Gasteiger partial charge is 0.224 e. The van der Waals surface area contributed by atoms with Gasteiger partial charge in [0, 0.05) is 19.6 Å². The number of carbonyl (C=O) groups excluding carboxylic acids is 1. The Labute approximate surface area is 93.6 Å². The van der Waals surface area contributed by atoms with Crippen LogP contribution in [0.1, 0.15) is 12.8 Å². The fraction of sp³-hybridized carbons (Fsp3) is 0.417. The van der Waals surface area contributed by atoms with E-state index in [4.69, 9.17) is 4.74 Å². The Kier molecular flexibility index (Phi) is 3.51. The van der Waals surface area contributed by atoms with Crippen LogP contribution in [-0.2, 0) is 9.53 Å². The number of carbonyl (C=O) groups is 1. The molecule has 86 valence electrons. The van der Waals surface area contributed by atoms with Crippen LogP contribution in [0.25, 0.3) is 0 Å². The van der Waals surface area contributed by atoms with Crippen molar-refractivity contribution in [3.05, 3.63) is 30.1 Å². The van der Waals surface area contributed by atoms with E-state index in [9.17, 15) is 9.18 Å². The molecule has 0 spiro atoms. The van der Waals surface area contributed by atoms with Gasteiger partial charge in [-0.2, -0.15) is 0 Å². The summed E-state index contributed by atoms with van der Waals surface area (Å²) in [6.45, 7) is 1.35. The molecule has 1 heterocycles. The molecule has 0 unspecified atom stereocenters. The molecule has 16 heavy (non-hydrogen) atoms. The molecular formula is C12H14FNO2. The van der Waals surface area contributed by atoms with E-state index in [-0.39, 0.29) is 17.5 Å². The second-order valence-electron chi connectivity index (χ2n) is 3.96. The standard InChI is InChI=1S/C12H14FNO2/c13-10-3-1-2-4-11(10)14-12(15)7-9-5-6-16-8-9/h1-4,9H,5-8H2,(H,14,15)/t9-/m1/s1. The highest BCUT2D eigenvalue weighted by atomic mass is 19.1. The van der Waals surface area contributed by atoms with Crippen molar-refractivity contribution in [3.8, 4) is 0 Å². The van der Waals surface area contributed by atoms with Crippen molar-refractivity contribution in [1.82, 2.24) is 0 Å². The van der Waals surface area contributed by atoms with E-state index < -0.39 is 5.82 Å². The maximum Gasteiger partial charge on any atom is 0.224 e. The van der Waals surface area contributed by atoms with Gasteiger partial charge < -0.3 is 10.1 Å². The summed E-state index contributed by atoms with van der Waals surface area (Å²) in [4.78, 5) is 11.6. The molecule has 0 aliphatic carbocycles. The van der Waals surface area contributed by atoms with Crippen LogP contribution >= 0.6 is 0 Å². The Balaban J connectivity index is 1.89. The van der Waals surface area contributed by atoms with Gasteiger partial charge in [-0.3, -0.25) is 4.79 Å². The van der Waals surface area contributed by atoms with Crippen molar-refractivity contribution in [3.63, 3.8) is 0 Å². The molecule has 4 heteroatoms. The first-order valence-electron chi connectivity index (χ1n) is 5.38. The second kappa shape index (κ2) is 5.07. The molecule has 1 fully saturated rings. The van der Waals surface area contributed by atoms with Crippen LogP contribution in [0.4, 0.5) is 10.1 Å². The zero-order valence-corrected chi connectivity index (χ0v) is 8.91. The maximum atomic E-state index is 13.2. The number of nitrogens with one attached hydrogen (secondary N) is 1. The fourth-order valence-electron chi connectivity index (χ4n) is 1.77. The number of halogens is 1. The number of ether oxygens (including phenoxy) is 1. The molecule has 2 rings (SSSR count). The normalized spacial score (nSPS) is 19.7. The van der Waals surface area contributed by atoms with Gasteiger partial charge in [0.15, 0.2) is 0 Å². The number of benzene rings is 1. The Morgan fingerprint density at radius 3 is 3.00 bits per heavy atom. The molecule has 1 saturated heterocycles. The lowest BCUT2D eigenvalue weighted by Gasteiger charge is -2.08. The van der Waals surface area contributed by atoms with Crippen molar-refractivity contribution in [2.24, 2.45) is 5.92 Å². The van der Waals surface area contributed by atoms with Gasteiger partial charge in [0.25, 0.3) is 0 Å². The third-order valence-electron chi connectivity index (χ3n) is 2.65. The van der Waals surface area contributed by atoms with Gasteiger partial charge in [0.2, 0.25) is 5.91 Å². The summed E-state index contributed by atoms with van der Waals surface area (Å²) in [5.74, 6) is -0.286. The molecule has 0 saturated carbocycles. The highest BCUT2D eigenvalue weighted by Crippen LogP contribution is 2.18. The molecular weight excluding hydrogens is 209 g/mol. The minimum atomic E-state index is -0.404. The Hall–Kier alpha value is -1.42. The second-order valence-corrected chi connectivity index (χ2v) is 3.96. The topological polar surface area (TPSA) is 38.3 Å². The molecule has 0 bridgehead atoms. The van der Waals surface area contributed by atoms with Crippen LogP contribution in [0.2, 0.25) is 0 Å². The number of hydrogen-bond acceptors (Lipinski definition) is 2. The summed E-state index contributed by atoms with van der Waals surface area (Å²) in [5.41, 5.74) is 0.242. The molecule has 1 amide bonds. The van der Waals surface area contributed by atoms with Crippen molar-refractivity contribution < 1.29 is 13.9 Å². The van der Waals surface area contributed by atoms with E-state index >= 15 is 0 Å². The van der Waals surface area contributed by atoms with Crippen LogP contribution in [0.3, 0.4) is 0 Å². The van der Waals surface area contributed by atoms with E-state index in [1.807, 2.05) is 0 Å². The molecule has 1 aliphatic rings. The molecule has 1 N–H and O–H groups in total. The van der Waals surface area contributed by atoms with E-state index in [1.165, 1.54) is 6.07 Å². The molecule has 1 aromatic carbocycles. The minimum absolute atomic E-state index is 0.152. The Morgan fingerprint density at radius 2 is 2.31 bits per heavy atom. The quantitative estimate of drug-likeness (QED) is 0.853. The van der Waals surface area contributed by atoms with Crippen LogP contribution in [0, 0.1) is 11.7 Å². The third-order valence-corrected chi connectivity index (χ3v) is 2.65. The summed E-state index contributed by atoms with van der Waals surface area (Å²) >= 11 is 0. The monoisotopic (exact) mass is 223 g/mol. The average molecular weight is 223 g/mol. The lowest BCUT2D eigenvalue weighted by molar-refractivity contribution is -0.117. The van der Waals surface area contributed by atoms with Crippen molar-refractivity contribution in [2.45, 2.75) is 12.8 Å². The van der Waals surface area contributed by atoms with E-state index in [1.54, 1.807) is 18.2 Å². The number of para-hydroxylation sites is 1. The predicted molar refractivity (Wildman–Crippen MR) is 58.6 cm³/mol. The predicted octanol–water partition coefficient (Wildman–Crippen LogP) is 2.19. The van der Waals surface area contributed by atoms with E-state index in [0.717, 1.165) is 13.0 Å². The van der Waals surface area contributed by atoms with Gasteiger partial charge in [-0.25, -0.2) is 4.39 Å². The summed E-state index contributed by atoms with van der Waals surface area (Å²) in [6.07, 6.45) is 1.30. The summed E-state index contributed by atoms with van der Waals surface area (Å²) in [6, 6.07) is 6.17. The lowest BCUT2D eigenvalue weighted by Crippen LogP contribution is -2.17. The maximum absolute atomic E-state index is 13.2. The van der Waals surface area contributed by atoms with Gasteiger partial charge in [0.05, 0.1) is 5.69 Å². The molecule has 0 aromatic heterocycles.